The highest BCUT2D eigenvalue weighted by Crippen LogP contribution is 2.44. The lowest BCUT2D eigenvalue weighted by molar-refractivity contribution is -0.130. The van der Waals surface area contributed by atoms with Gasteiger partial charge in [-0.15, -0.1) is 11.8 Å². The van der Waals surface area contributed by atoms with Gasteiger partial charge < -0.3 is 10.0 Å². The topological polar surface area (TPSA) is 40.5 Å². The fourth-order valence-corrected chi connectivity index (χ4v) is 4.29. The fraction of sp³-hybridized carbons (Fsp3) is 0.125. The number of rotatable bonds is 5. The summed E-state index contributed by atoms with van der Waals surface area (Å²) in [5, 5.41) is 11.4. The van der Waals surface area contributed by atoms with Gasteiger partial charge in [0.05, 0.1) is 6.04 Å². The molecule has 3 nitrogen and oxygen atoms in total. The van der Waals surface area contributed by atoms with Crippen molar-refractivity contribution in [3.8, 4) is 0 Å². The summed E-state index contributed by atoms with van der Waals surface area (Å²) in [7, 11) is 0. The molecule has 0 spiro atoms. The summed E-state index contributed by atoms with van der Waals surface area (Å²) in [5.41, 5.74) is 3.31. The molecular formula is C24H20ClNO2S. The SMILES string of the molecule is CSc1ccc(CN2C(=O)C(O)=C(c3ccccc3)C2c2cccc(Cl)c2)cc1. The summed E-state index contributed by atoms with van der Waals surface area (Å²) >= 11 is 7.92. The Labute approximate surface area is 179 Å². The fourth-order valence-electron chi connectivity index (χ4n) is 3.68. The van der Waals surface area contributed by atoms with Crippen molar-refractivity contribution in [1.82, 2.24) is 4.90 Å². The van der Waals surface area contributed by atoms with E-state index in [1.54, 1.807) is 22.7 Å². The average molecular weight is 422 g/mol. The highest BCUT2D eigenvalue weighted by Gasteiger charge is 2.41. The maximum Gasteiger partial charge on any atom is 0.290 e. The first-order chi connectivity index (χ1) is 14.1. The standard InChI is InChI=1S/C24H20ClNO2S/c1-29-20-12-10-16(11-13-20)15-26-22(18-8-5-9-19(25)14-18)21(23(27)24(26)28)17-6-3-2-4-7-17/h2-14,22,27H,15H2,1H3. The first kappa shape index (κ1) is 19.6. The Morgan fingerprint density at radius 3 is 2.38 bits per heavy atom. The molecule has 1 aliphatic heterocycles. The van der Waals surface area contributed by atoms with Crippen LogP contribution in [0.5, 0.6) is 0 Å². The molecule has 1 N–H and O–H groups in total. The molecule has 0 saturated heterocycles. The molecule has 1 amide bonds. The van der Waals surface area contributed by atoms with E-state index in [0.717, 1.165) is 16.7 Å². The van der Waals surface area contributed by atoms with Crippen molar-refractivity contribution in [2.24, 2.45) is 0 Å². The van der Waals surface area contributed by atoms with Crippen LogP contribution in [0.15, 0.2) is 89.5 Å². The number of carbonyl (C=O) groups is 1. The minimum Gasteiger partial charge on any atom is -0.503 e. The van der Waals surface area contributed by atoms with Gasteiger partial charge in [0.1, 0.15) is 0 Å². The van der Waals surface area contributed by atoms with Gasteiger partial charge in [0.25, 0.3) is 5.91 Å². The van der Waals surface area contributed by atoms with E-state index in [-0.39, 0.29) is 11.7 Å². The van der Waals surface area contributed by atoms with Gasteiger partial charge >= 0.3 is 0 Å². The molecule has 29 heavy (non-hydrogen) atoms. The summed E-state index contributed by atoms with van der Waals surface area (Å²) in [6.07, 6.45) is 2.03. The van der Waals surface area contributed by atoms with Crippen molar-refractivity contribution in [3.05, 3.63) is 106 Å². The Bertz CT molecular complexity index is 1060. The molecule has 0 radical (unpaired) electrons. The lowest BCUT2D eigenvalue weighted by atomic mass is 9.93. The molecule has 0 fully saturated rings. The van der Waals surface area contributed by atoms with E-state index in [2.05, 4.69) is 0 Å². The molecule has 3 aromatic carbocycles. The summed E-state index contributed by atoms with van der Waals surface area (Å²) in [6.45, 7) is 0.394. The van der Waals surface area contributed by atoms with Crippen LogP contribution < -0.4 is 0 Å². The second-order valence-corrected chi connectivity index (χ2v) is 8.18. The lowest BCUT2D eigenvalue weighted by Crippen LogP contribution is -2.29. The van der Waals surface area contributed by atoms with Crippen molar-refractivity contribution in [1.29, 1.82) is 0 Å². The van der Waals surface area contributed by atoms with Crippen LogP contribution in [0.25, 0.3) is 5.57 Å². The predicted molar refractivity (Wildman–Crippen MR) is 119 cm³/mol. The molecule has 1 atom stereocenters. The van der Waals surface area contributed by atoms with Crippen molar-refractivity contribution < 1.29 is 9.90 Å². The Kier molecular flexibility index (Phi) is 5.65. The summed E-state index contributed by atoms with van der Waals surface area (Å²) in [6, 6.07) is 24.7. The average Bonchev–Trinajstić information content (AvgIpc) is 3.00. The molecule has 0 bridgehead atoms. The van der Waals surface area contributed by atoms with Crippen molar-refractivity contribution >= 4 is 34.8 Å². The number of aliphatic hydroxyl groups is 1. The minimum absolute atomic E-state index is 0.207. The van der Waals surface area contributed by atoms with Gasteiger partial charge in [0, 0.05) is 22.0 Å². The lowest BCUT2D eigenvalue weighted by Gasteiger charge is -2.27. The van der Waals surface area contributed by atoms with Crippen LogP contribution in [0.1, 0.15) is 22.7 Å². The molecule has 1 heterocycles. The van der Waals surface area contributed by atoms with E-state index < -0.39 is 6.04 Å². The third kappa shape index (κ3) is 3.91. The van der Waals surface area contributed by atoms with E-state index in [4.69, 9.17) is 11.6 Å². The molecule has 146 valence electrons. The molecular weight excluding hydrogens is 402 g/mol. The number of amides is 1. The zero-order valence-electron chi connectivity index (χ0n) is 15.9. The number of hydrogen-bond donors (Lipinski definition) is 1. The largest absolute Gasteiger partial charge is 0.503 e. The molecule has 0 aliphatic carbocycles. The van der Waals surface area contributed by atoms with Gasteiger partial charge in [-0.3, -0.25) is 4.79 Å². The van der Waals surface area contributed by atoms with E-state index in [1.165, 1.54) is 4.90 Å². The zero-order valence-corrected chi connectivity index (χ0v) is 17.5. The quantitative estimate of drug-likeness (QED) is 0.505. The molecule has 1 aliphatic rings. The first-order valence-corrected chi connectivity index (χ1v) is 10.9. The van der Waals surface area contributed by atoms with E-state index in [1.807, 2.05) is 79.1 Å². The van der Waals surface area contributed by atoms with E-state index >= 15 is 0 Å². The number of halogens is 1. The Hall–Kier alpha value is -2.69. The number of aliphatic hydroxyl groups excluding tert-OH is 1. The molecule has 5 heteroatoms. The highest BCUT2D eigenvalue weighted by atomic mass is 35.5. The van der Waals surface area contributed by atoms with E-state index in [9.17, 15) is 9.90 Å². The summed E-state index contributed by atoms with van der Waals surface area (Å²) in [5.74, 6) is -0.579. The van der Waals surface area contributed by atoms with Gasteiger partial charge in [0.15, 0.2) is 5.76 Å². The number of carbonyl (C=O) groups excluding carboxylic acids is 1. The monoisotopic (exact) mass is 421 g/mol. The van der Waals surface area contributed by atoms with Crippen LogP contribution in [-0.2, 0) is 11.3 Å². The Balaban J connectivity index is 1.78. The van der Waals surface area contributed by atoms with Gasteiger partial charge in [-0.1, -0.05) is 66.2 Å². The van der Waals surface area contributed by atoms with Gasteiger partial charge in [0.2, 0.25) is 0 Å². The Morgan fingerprint density at radius 2 is 1.72 bits per heavy atom. The number of nitrogens with zero attached hydrogens (tertiary/aromatic N) is 1. The van der Waals surface area contributed by atoms with Gasteiger partial charge in [-0.05, 0) is 47.2 Å². The van der Waals surface area contributed by atoms with Crippen molar-refractivity contribution in [2.75, 3.05) is 6.26 Å². The Morgan fingerprint density at radius 1 is 1.00 bits per heavy atom. The second kappa shape index (κ2) is 8.36. The third-order valence-electron chi connectivity index (χ3n) is 5.06. The van der Waals surface area contributed by atoms with Gasteiger partial charge in [-0.2, -0.15) is 0 Å². The molecule has 1 unspecified atom stereocenters. The molecule has 0 saturated carbocycles. The van der Waals surface area contributed by atoms with Crippen LogP contribution in [0.2, 0.25) is 5.02 Å². The van der Waals surface area contributed by atoms with Gasteiger partial charge in [-0.25, -0.2) is 0 Å². The van der Waals surface area contributed by atoms with Crippen LogP contribution in [0.3, 0.4) is 0 Å². The maximum absolute atomic E-state index is 13.1. The maximum atomic E-state index is 13.1. The summed E-state index contributed by atoms with van der Waals surface area (Å²) < 4.78 is 0. The van der Waals surface area contributed by atoms with Crippen LogP contribution in [0, 0.1) is 0 Å². The second-order valence-electron chi connectivity index (χ2n) is 6.87. The normalized spacial score (nSPS) is 16.6. The molecule has 4 rings (SSSR count). The third-order valence-corrected chi connectivity index (χ3v) is 6.04. The molecule has 0 aromatic heterocycles. The predicted octanol–water partition coefficient (Wildman–Crippen LogP) is 6.11. The number of thioether (sulfide) groups is 1. The van der Waals surface area contributed by atoms with Crippen LogP contribution >= 0.6 is 23.4 Å². The summed E-state index contributed by atoms with van der Waals surface area (Å²) in [4.78, 5) is 15.9. The van der Waals surface area contributed by atoms with Crippen LogP contribution in [-0.4, -0.2) is 22.2 Å². The number of benzene rings is 3. The first-order valence-electron chi connectivity index (χ1n) is 9.26. The van der Waals surface area contributed by atoms with Crippen molar-refractivity contribution in [3.63, 3.8) is 0 Å². The van der Waals surface area contributed by atoms with E-state index in [0.29, 0.717) is 17.1 Å². The zero-order chi connectivity index (χ0) is 20.4. The highest BCUT2D eigenvalue weighted by molar-refractivity contribution is 7.98. The van der Waals surface area contributed by atoms with Crippen molar-refractivity contribution in [2.45, 2.75) is 17.5 Å². The smallest absolute Gasteiger partial charge is 0.290 e. The minimum atomic E-state index is -0.413. The number of hydrogen-bond acceptors (Lipinski definition) is 3. The van der Waals surface area contributed by atoms with Crippen LogP contribution in [0.4, 0.5) is 0 Å². The molecule has 3 aromatic rings.